The molecule has 1 amide bonds. The number of nitrogens with one attached hydrogen (secondary N) is 1. The maximum absolute atomic E-state index is 12.1. The Morgan fingerprint density at radius 2 is 2.00 bits per heavy atom. The largest absolute Gasteiger partial charge is 0.454 e. The lowest BCUT2D eigenvalue weighted by atomic mass is 10.1. The van der Waals surface area contributed by atoms with Gasteiger partial charge in [0.2, 0.25) is 18.6 Å². The summed E-state index contributed by atoms with van der Waals surface area (Å²) in [6.45, 7) is 2.73. The Bertz CT molecular complexity index is 973. The van der Waals surface area contributed by atoms with Crippen LogP contribution >= 0.6 is 11.8 Å². The maximum Gasteiger partial charge on any atom is 0.277 e. The molecular weight excluding hydrogens is 366 g/mol. The molecule has 1 aliphatic heterocycles. The highest BCUT2D eigenvalue weighted by Gasteiger charge is 2.17. The Morgan fingerprint density at radius 1 is 1.15 bits per heavy atom. The Morgan fingerprint density at radius 3 is 2.89 bits per heavy atom. The van der Waals surface area contributed by atoms with Crippen molar-refractivity contribution in [1.82, 2.24) is 15.5 Å². The van der Waals surface area contributed by atoms with Crippen molar-refractivity contribution in [3.8, 4) is 23.0 Å². The Balaban J connectivity index is 1.32. The number of hydrogen-bond acceptors (Lipinski definition) is 7. The molecular formula is C19H17N3O4S. The standard InChI is InChI=1S/C19H17N3O4S/c1-12-4-2-3-5-14(12)9-20-17(23)10-27-19-22-21-18(26-19)13-6-7-15-16(8-13)25-11-24-15/h2-8H,9-11H2,1H3,(H,20,23). The van der Waals surface area contributed by atoms with Gasteiger partial charge in [0, 0.05) is 12.1 Å². The Kier molecular flexibility index (Phi) is 4.97. The number of benzene rings is 2. The van der Waals surface area contributed by atoms with E-state index in [0.717, 1.165) is 16.7 Å². The van der Waals surface area contributed by atoms with Gasteiger partial charge in [0.25, 0.3) is 5.22 Å². The molecule has 4 rings (SSSR count). The van der Waals surface area contributed by atoms with Crippen LogP contribution in [0.4, 0.5) is 0 Å². The van der Waals surface area contributed by atoms with Gasteiger partial charge in [-0.3, -0.25) is 4.79 Å². The van der Waals surface area contributed by atoms with E-state index in [1.807, 2.05) is 37.3 Å². The average molecular weight is 383 g/mol. The molecule has 0 fully saturated rings. The van der Waals surface area contributed by atoms with E-state index in [1.165, 1.54) is 11.8 Å². The van der Waals surface area contributed by atoms with Crippen LogP contribution in [0.3, 0.4) is 0 Å². The molecule has 7 nitrogen and oxygen atoms in total. The summed E-state index contributed by atoms with van der Waals surface area (Å²) in [6.07, 6.45) is 0. The first-order chi connectivity index (χ1) is 13.2. The normalized spacial score (nSPS) is 12.2. The second kappa shape index (κ2) is 7.71. The number of amides is 1. The third-order valence-corrected chi connectivity index (χ3v) is 4.91. The van der Waals surface area contributed by atoms with Gasteiger partial charge >= 0.3 is 0 Å². The van der Waals surface area contributed by atoms with Crippen LogP contribution < -0.4 is 14.8 Å². The average Bonchev–Trinajstić information content (AvgIpc) is 3.34. The summed E-state index contributed by atoms with van der Waals surface area (Å²) < 4.78 is 16.3. The van der Waals surface area contributed by atoms with E-state index >= 15 is 0 Å². The van der Waals surface area contributed by atoms with Crippen LogP contribution in [-0.2, 0) is 11.3 Å². The first-order valence-electron chi connectivity index (χ1n) is 8.36. The zero-order valence-corrected chi connectivity index (χ0v) is 15.4. The summed E-state index contributed by atoms with van der Waals surface area (Å²) >= 11 is 1.20. The van der Waals surface area contributed by atoms with Gasteiger partial charge in [-0.15, -0.1) is 10.2 Å². The maximum atomic E-state index is 12.1. The van der Waals surface area contributed by atoms with E-state index in [9.17, 15) is 4.79 Å². The summed E-state index contributed by atoms with van der Waals surface area (Å²) in [5.74, 6) is 1.82. The summed E-state index contributed by atoms with van der Waals surface area (Å²) in [5.41, 5.74) is 2.98. The lowest BCUT2D eigenvalue weighted by molar-refractivity contribution is -0.118. The summed E-state index contributed by atoms with van der Waals surface area (Å²) in [4.78, 5) is 12.1. The minimum absolute atomic E-state index is 0.0916. The number of fused-ring (bicyclic) bond motifs is 1. The van der Waals surface area contributed by atoms with Gasteiger partial charge in [-0.2, -0.15) is 0 Å². The number of thioether (sulfide) groups is 1. The molecule has 0 radical (unpaired) electrons. The fraction of sp³-hybridized carbons (Fsp3) is 0.211. The highest BCUT2D eigenvalue weighted by Crippen LogP contribution is 2.35. The number of ether oxygens (including phenoxy) is 2. The summed E-state index contributed by atoms with van der Waals surface area (Å²) in [7, 11) is 0. The Labute approximate surface area is 160 Å². The van der Waals surface area contributed by atoms with E-state index in [2.05, 4.69) is 15.5 Å². The lowest BCUT2D eigenvalue weighted by Gasteiger charge is -2.06. The number of rotatable bonds is 6. The molecule has 0 unspecified atom stereocenters. The second-order valence-electron chi connectivity index (χ2n) is 5.93. The van der Waals surface area contributed by atoms with Crippen molar-refractivity contribution in [2.45, 2.75) is 18.7 Å². The minimum atomic E-state index is -0.0916. The molecule has 138 valence electrons. The fourth-order valence-corrected chi connectivity index (χ4v) is 3.19. The molecule has 0 spiro atoms. The topological polar surface area (TPSA) is 86.5 Å². The van der Waals surface area contributed by atoms with Crippen molar-refractivity contribution in [3.05, 3.63) is 53.6 Å². The van der Waals surface area contributed by atoms with E-state index in [1.54, 1.807) is 12.1 Å². The molecule has 3 aromatic rings. The molecule has 0 bridgehead atoms. The van der Waals surface area contributed by atoms with Gasteiger partial charge in [0.05, 0.1) is 5.75 Å². The number of nitrogens with zero attached hydrogens (tertiary/aromatic N) is 2. The van der Waals surface area contributed by atoms with E-state index in [0.29, 0.717) is 29.2 Å². The molecule has 8 heteroatoms. The van der Waals surface area contributed by atoms with Gasteiger partial charge in [-0.05, 0) is 36.2 Å². The first-order valence-corrected chi connectivity index (χ1v) is 9.35. The van der Waals surface area contributed by atoms with Crippen molar-refractivity contribution in [1.29, 1.82) is 0 Å². The van der Waals surface area contributed by atoms with Crippen molar-refractivity contribution in [2.75, 3.05) is 12.5 Å². The van der Waals surface area contributed by atoms with Crippen molar-refractivity contribution >= 4 is 17.7 Å². The molecule has 1 aromatic heterocycles. The van der Waals surface area contributed by atoms with Crippen LogP contribution in [0.15, 0.2) is 52.1 Å². The molecule has 0 aliphatic carbocycles. The van der Waals surface area contributed by atoms with Gasteiger partial charge in [-0.25, -0.2) is 0 Å². The highest BCUT2D eigenvalue weighted by atomic mass is 32.2. The van der Waals surface area contributed by atoms with Crippen LogP contribution in [0.1, 0.15) is 11.1 Å². The smallest absolute Gasteiger partial charge is 0.277 e. The van der Waals surface area contributed by atoms with Crippen molar-refractivity contribution < 1.29 is 18.7 Å². The molecule has 1 aliphatic rings. The predicted octanol–water partition coefficient (Wildman–Crippen LogP) is 3.18. The fourth-order valence-electron chi connectivity index (χ4n) is 2.59. The molecule has 2 heterocycles. The Hall–Kier alpha value is -3.00. The van der Waals surface area contributed by atoms with Crippen molar-refractivity contribution in [3.63, 3.8) is 0 Å². The molecule has 27 heavy (non-hydrogen) atoms. The number of hydrogen-bond donors (Lipinski definition) is 1. The quantitative estimate of drug-likeness (QED) is 0.654. The van der Waals surface area contributed by atoms with Gasteiger partial charge in [-0.1, -0.05) is 36.0 Å². The van der Waals surface area contributed by atoms with Gasteiger partial charge in [0.15, 0.2) is 11.5 Å². The zero-order valence-electron chi connectivity index (χ0n) is 14.6. The predicted molar refractivity (Wildman–Crippen MR) is 99.6 cm³/mol. The number of carbonyl (C=O) groups is 1. The van der Waals surface area contributed by atoms with Crippen LogP contribution in [-0.4, -0.2) is 28.7 Å². The second-order valence-corrected chi connectivity index (χ2v) is 6.86. The molecule has 0 saturated carbocycles. The zero-order chi connectivity index (χ0) is 18.6. The first kappa shape index (κ1) is 17.4. The van der Waals surface area contributed by atoms with E-state index < -0.39 is 0 Å². The third kappa shape index (κ3) is 4.06. The van der Waals surface area contributed by atoms with Crippen LogP contribution in [0.25, 0.3) is 11.5 Å². The highest BCUT2D eigenvalue weighted by molar-refractivity contribution is 7.99. The van der Waals surface area contributed by atoms with E-state index in [-0.39, 0.29) is 18.5 Å². The molecule has 1 N–H and O–H groups in total. The lowest BCUT2D eigenvalue weighted by Crippen LogP contribution is -2.24. The monoisotopic (exact) mass is 383 g/mol. The third-order valence-electron chi connectivity index (χ3n) is 4.09. The number of aromatic nitrogens is 2. The SMILES string of the molecule is Cc1ccccc1CNC(=O)CSc1nnc(-c2ccc3c(c2)OCO3)o1. The minimum Gasteiger partial charge on any atom is -0.454 e. The van der Waals surface area contributed by atoms with Crippen LogP contribution in [0.5, 0.6) is 11.5 Å². The number of carbonyl (C=O) groups excluding carboxylic acids is 1. The number of aryl methyl sites for hydroxylation is 1. The molecule has 0 atom stereocenters. The molecule has 2 aromatic carbocycles. The summed E-state index contributed by atoms with van der Waals surface area (Å²) in [6, 6.07) is 13.4. The van der Waals surface area contributed by atoms with Gasteiger partial charge in [0.1, 0.15) is 0 Å². The molecule has 0 saturated heterocycles. The van der Waals surface area contributed by atoms with Crippen LogP contribution in [0, 0.1) is 6.92 Å². The summed E-state index contributed by atoms with van der Waals surface area (Å²) in [5, 5.41) is 11.3. The van der Waals surface area contributed by atoms with Gasteiger partial charge < -0.3 is 19.2 Å². The van der Waals surface area contributed by atoms with Crippen LogP contribution in [0.2, 0.25) is 0 Å². The van der Waals surface area contributed by atoms with Crippen molar-refractivity contribution in [2.24, 2.45) is 0 Å². The van der Waals surface area contributed by atoms with E-state index in [4.69, 9.17) is 13.9 Å².